The number of carbonyl (C=O) groups is 2. The molecule has 0 spiro atoms. The molecule has 5 heteroatoms. The summed E-state index contributed by atoms with van der Waals surface area (Å²) in [6, 6.07) is 6.79. The van der Waals surface area contributed by atoms with E-state index in [1.165, 1.54) is 6.07 Å². The van der Waals surface area contributed by atoms with Crippen LogP contribution in [0.15, 0.2) is 24.3 Å². The minimum absolute atomic E-state index is 0.0770. The number of aliphatic carboxylic acids is 1. The molecule has 0 radical (unpaired) electrons. The molecule has 0 aromatic heterocycles. The van der Waals surface area contributed by atoms with Crippen molar-refractivity contribution in [3.63, 3.8) is 0 Å². The Kier molecular flexibility index (Phi) is 4.82. The number of hydrogen-bond donors (Lipinski definition) is 1. The summed E-state index contributed by atoms with van der Waals surface area (Å²) in [7, 11) is 1.97. The molecule has 1 amide bonds. The van der Waals surface area contributed by atoms with E-state index in [1.807, 2.05) is 11.9 Å². The number of benzene rings is 1. The Balaban J connectivity index is 1.58. The molecule has 0 bridgehead atoms. The molecule has 1 aromatic rings. The Bertz CT molecular complexity index is 964. The van der Waals surface area contributed by atoms with E-state index in [1.54, 1.807) is 18.2 Å². The highest BCUT2D eigenvalue weighted by molar-refractivity contribution is 5.83. The van der Waals surface area contributed by atoms with Crippen LogP contribution in [-0.2, 0) is 15.0 Å². The van der Waals surface area contributed by atoms with Crippen LogP contribution in [0.25, 0.3) is 0 Å². The van der Waals surface area contributed by atoms with Gasteiger partial charge in [-0.05, 0) is 79.1 Å². The fraction of sp³-hybridized carbons (Fsp3) is 0.704. The van der Waals surface area contributed by atoms with Crippen molar-refractivity contribution in [2.24, 2.45) is 34.5 Å². The molecule has 3 saturated carbocycles. The number of likely N-dealkylation sites (tertiary alicyclic amines) is 1. The van der Waals surface area contributed by atoms with Crippen LogP contribution in [0.1, 0.15) is 71.3 Å². The Morgan fingerprint density at radius 2 is 1.81 bits per heavy atom. The smallest absolute Gasteiger partial charge is 0.314 e. The first kappa shape index (κ1) is 21.9. The summed E-state index contributed by atoms with van der Waals surface area (Å²) in [5.74, 6) is 0.564. The maximum atomic E-state index is 15.0. The standard InChI is InChI=1S/C27H36FNO3/c1-16-15-21-25(2,12-11-22(30)29(21)4)18-9-13-26(3)19(23(16)18)10-14-27(26,24(31)32)17-7-5-6-8-20(17)28/h5-8,16,18-19,21,23H,9-15H2,1-4H3,(H,31,32)/t16?,18-,19+,21?,23-,25-,26+,27?/m1/s1. The lowest BCUT2D eigenvalue weighted by molar-refractivity contribution is -0.173. The van der Waals surface area contributed by atoms with Gasteiger partial charge in [0.1, 0.15) is 11.2 Å². The number of carboxylic acids is 1. The molecule has 174 valence electrons. The topological polar surface area (TPSA) is 57.6 Å². The lowest BCUT2D eigenvalue weighted by Gasteiger charge is -2.64. The molecule has 5 rings (SSSR count). The Morgan fingerprint density at radius 1 is 1.12 bits per heavy atom. The molecule has 4 aliphatic rings. The summed E-state index contributed by atoms with van der Waals surface area (Å²) in [5, 5.41) is 10.6. The van der Waals surface area contributed by atoms with Gasteiger partial charge in [0.2, 0.25) is 5.91 Å². The minimum Gasteiger partial charge on any atom is -0.481 e. The monoisotopic (exact) mass is 441 g/mol. The third-order valence-electron chi connectivity index (χ3n) is 10.8. The van der Waals surface area contributed by atoms with E-state index >= 15 is 4.39 Å². The fourth-order valence-corrected chi connectivity index (χ4v) is 9.22. The van der Waals surface area contributed by atoms with Crippen molar-refractivity contribution in [3.8, 4) is 0 Å². The van der Waals surface area contributed by atoms with Crippen LogP contribution in [0.3, 0.4) is 0 Å². The van der Waals surface area contributed by atoms with E-state index in [0.29, 0.717) is 36.2 Å². The second-order valence-electron chi connectivity index (χ2n) is 11.7. The number of carboxylic acid groups (broad SMARTS) is 1. The fourth-order valence-electron chi connectivity index (χ4n) is 9.22. The zero-order valence-electron chi connectivity index (χ0n) is 19.7. The molecule has 1 saturated heterocycles. The van der Waals surface area contributed by atoms with Gasteiger partial charge in [0.25, 0.3) is 0 Å². The second kappa shape index (κ2) is 7.04. The number of piperidine rings is 1. The van der Waals surface area contributed by atoms with Gasteiger partial charge in [0, 0.05) is 25.1 Å². The van der Waals surface area contributed by atoms with Crippen LogP contribution in [0.2, 0.25) is 0 Å². The molecule has 1 aliphatic heterocycles. The van der Waals surface area contributed by atoms with Gasteiger partial charge in [0.15, 0.2) is 0 Å². The van der Waals surface area contributed by atoms with E-state index < -0.39 is 22.6 Å². The first-order chi connectivity index (χ1) is 15.1. The molecule has 3 aliphatic carbocycles. The molecule has 8 atom stereocenters. The average Bonchev–Trinajstić information content (AvgIpc) is 3.07. The van der Waals surface area contributed by atoms with Gasteiger partial charge in [-0.15, -0.1) is 0 Å². The lowest BCUT2D eigenvalue weighted by atomic mass is 9.43. The minimum atomic E-state index is -1.18. The number of carbonyl (C=O) groups excluding carboxylic acids is 1. The van der Waals surface area contributed by atoms with Crippen LogP contribution in [-0.4, -0.2) is 35.0 Å². The van der Waals surface area contributed by atoms with Gasteiger partial charge < -0.3 is 10.0 Å². The largest absolute Gasteiger partial charge is 0.481 e. The van der Waals surface area contributed by atoms with Crippen molar-refractivity contribution in [1.82, 2.24) is 4.90 Å². The average molecular weight is 442 g/mol. The molecular formula is C27H36FNO3. The van der Waals surface area contributed by atoms with Crippen molar-refractivity contribution < 1.29 is 19.1 Å². The molecule has 1 N–H and O–H groups in total. The Hall–Kier alpha value is -1.91. The molecule has 4 nitrogen and oxygen atoms in total. The molecule has 1 heterocycles. The summed E-state index contributed by atoms with van der Waals surface area (Å²) in [5.41, 5.74) is -1.21. The SMILES string of the molecule is CC1CC2N(C)C(=O)CC[C@]2(C)[C@@H]2CC[C@@]3(C)[C@@H](CCC3(C(=O)O)c3ccccc3F)[C@H]12. The van der Waals surface area contributed by atoms with Crippen molar-refractivity contribution in [3.05, 3.63) is 35.6 Å². The predicted octanol–water partition coefficient (Wildman–Crippen LogP) is 5.26. The third kappa shape index (κ3) is 2.54. The van der Waals surface area contributed by atoms with Crippen molar-refractivity contribution in [1.29, 1.82) is 0 Å². The maximum absolute atomic E-state index is 15.0. The maximum Gasteiger partial charge on any atom is 0.314 e. The number of halogens is 1. The summed E-state index contributed by atoms with van der Waals surface area (Å²) < 4.78 is 15.0. The highest BCUT2D eigenvalue weighted by Gasteiger charge is 2.69. The Morgan fingerprint density at radius 3 is 2.50 bits per heavy atom. The van der Waals surface area contributed by atoms with Gasteiger partial charge in [-0.2, -0.15) is 0 Å². The number of rotatable bonds is 2. The van der Waals surface area contributed by atoms with Crippen LogP contribution in [0.5, 0.6) is 0 Å². The van der Waals surface area contributed by atoms with Crippen LogP contribution >= 0.6 is 0 Å². The van der Waals surface area contributed by atoms with Crippen molar-refractivity contribution in [2.45, 2.75) is 77.2 Å². The highest BCUT2D eigenvalue weighted by atomic mass is 19.1. The van der Waals surface area contributed by atoms with Gasteiger partial charge in [-0.1, -0.05) is 39.0 Å². The van der Waals surface area contributed by atoms with E-state index in [4.69, 9.17) is 0 Å². The third-order valence-corrected chi connectivity index (χ3v) is 10.8. The van der Waals surface area contributed by atoms with Gasteiger partial charge in [-0.3, -0.25) is 9.59 Å². The van der Waals surface area contributed by atoms with Crippen LogP contribution in [0, 0.1) is 40.3 Å². The molecule has 1 aromatic carbocycles. The lowest BCUT2D eigenvalue weighted by Crippen LogP contribution is -2.64. The highest BCUT2D eigenvalue weighted by Crippen LogP contribution is 2.70. The zero-order chi connectivity index (χ0) is 23.1. The van der Waals surface area contributed by atoms with Crippen molar-refractivity contribution in [2.75, 3.05) is 7.05 Å². The number of nitrogens with zero attached hydrogens (tertiary/aromatic N) is 1. The van der Waals surface area contributed by atoms with Gasteiger partial charge >= 0.3 is 5.97 Å². The van der Waals surface area contributed by atoms with E-state index in [9.17, 15) is 14.7 Å². The predicted molar refractivity (Wildman–Crippen MR) is 120 cm³/mol. The number of amides is 1. The van der Waals surface area contributed by atoms with Gasteiger partial charge in [-0.25, -0.2) is 4.39 Å². The molecular weight excluding hydrogens is 405 g/mol. The zero-order valence-corrected chi connectivity index (χ0v) is 19.7. The summed E-state index contributed by atoms with van der Waals surface area (Å²) >= 11 is 0. The first-order valence-electron chi connectivity index (χ1n) is 12.3. The Labute approximate surface area is 190 Å². The second-order valence-corrected chi connectivity index (χ2v) is 11.7. The molecule has 32 heavy (non-hydrogen) atoms. The van der Waals surface area contributed by atoms with Crippen LogP contribution in [0.4, 0.5) is 4.39 Å². The van der Waals surface area contributed by atoms with E-state index in [-0.39, 0.29) is 23.3 Å². The number of fused-ring (bicyclic) bond motifs is 5. The summed E-state index contributed by atoms with van der Waals surface area (Å²) in [6.07, 6.45) is 5.60. The van der Waals surface area contributed by atoms with E-state index in [2.05, 4.69) is 20.8 Å². The number of hydrogen-bond acceptors (Lipinski definition) is 2. The quantitative estimate of drug-likeness (QED) is 0.681. The molecule has 4 fully saturated rings. The van der Waals surface area contributed by atoms with Crippen molar-refractivity contribution >= 4 is 11.9 Å². The first-order valence-corrected chi connectivity index (χ1v) is 12.3. The normalized spacial score (nSPS) is 45.7. The van der Waals surface area contributed by atoms with E-state index in [0.717, 1.165) is 32.1 Å². The summed E-state index contributed by atoms with van der Waals surface area (Å²) in [4.78, 5) is 27.4. The molecule has 3 unspecified atom stereocenters. The van der Waals surface area contributed by atoms with Gasteiger partial charge in [0.05, 0.1) is 0 Å². The summed E-state index contributed by atoms with van der Waals surface area (Å²) in [6.45, 7) is 6.82. The van der Waals surface area contributed by atoms with Crippen LogP contribution < -0.4 is 0 Å².